The van der Waals surface area contributed by atoms with Crippen molar-refractivity contribution in [1.29, 1.82) is 0 Å². The third-order valence-corrected chi connectivity index (χ3v) is 11.2. The molecule has 0 bridgehead atoms. The van der Waals surface area contributed by atoms with Crippen molar-refractivity contribution in [3.63, 3.8) is 0 Å². The average Bonchev–Trinajstić information content (AvgIpc) is 3.16. The first-order chi connectivity index (χ1) is 26.5. The van der Waals surface area contributed by atoms with Gasteiger partial charge in [-0.3, -0.25) is 4.79 Å². The second-order valence-electron chi connectivity index (χ2n) is 16.7. The Morgan fingerprint density at radius 3 is 1.19 bits per heavy atom. The van der Waals surface area contributed by atoms with Crippen LogP contribution in [-0.4, -0.2) is 46.1 Å². The Hall–Kier alpha value is -1.17. The van der Waals surface area contributed by atoms with Crippen molar-refractivity contribution in [2.45, 2.75) is 276 Å². The minimum atomic E-state index is -0.948. The fourth-order valence-electron chi connectivity index (χ4n) is 7.53. The van der Waals surface area contributed by atoms with E-state index >= 15 is 0 Å². The molecule has 0 aliphatic carbocycles. The lowest BCUT2D eigenvalue weighted by atomic mass is 10.0. The highest BCUT2D eigenvalue weighted by atomic mass is 16.3. The topological polar surface area (TPSA) is 89.8 Å². The van der Waals surface area contributed by atoms with Crippen molar-refractivity contribution < 1.29 is 20.1 Å². The zero-order chi connectivity index (χ0) is 39.4. The summed E-state index contributed by atoms with van der Waals surface area (Å²) >= 11 is 0. The minimum Gasteiger partial charge on any atom is -0.394 e. The van der Waals surface area contributed by atoms with E-state index in [1.165, 1.54) is 199 Å². The van der Waals surface area contributed by atoms with Gasteiger partial charge in [-0.05, 0) is 32.1 Å². The quantitative estimate of drug-likeness (QED) is 0.0368. The van der Waals surface area contributed by atoms with Crippen molar-refractivity contribution in [2.24, 2.45) is 0 Å². The maximum atomic E-state index is 12.4. The number of aliphatic hydroxyl groups excluding tert-OH is 3. The lowest BCUT2D eigenvalue weighted by Crippen LogP contribution is -2.45. The maximum absolute atomic E-state index is 12.4. The largest absolute Gasteiger partial charge is 0.394 e. The number of unbranched alkanes of at least 4 members (excludes halogenated alkanes) is 33. The van der Waals surface area contributed by atoms with Crippen LogP contribution in [0.25, 0.3) is 0 Å². The predicted molar refractivity (Wildman–Crippen MR) is 236 cm³/mol. The van der Waals surface area contributed by atoms with Gasteiger partial charge in [0.05, 0.1) is 31.3 Å². The molecule has 3 atom stereocenters. The summed E-state index contributed by atoms with van der Waals surface area (Å²) in [5.74, 6) is -0.322. The van der Waals surface area contributed by atoms with E-state index in [1.807, 2.05) is 6.08 Å². The zero-order valence-corrected chi connectivity index (χ0v) is 36.4. The van der Waals surface area contributed by atoms with Gasteiger partial charge in [0.15, 0.2) is 0 Å². The molecule has 5 nitrogen and oxygen atoms in total. The standard InChI is InChI=1S/C49H95NO4/c1-3-5-7-9-11-13-15-17-18-19-20-21-22-23-24-25-26-27-28-29-31-32-34-36-38-40-42-46(52)44-49(54)50-47(45-51)48(53)43-41-39-37-35-33-30-16-14-12-10-8-6-4-2/h33,35,41,43,46-48,51-53H,3-32,34,36-40,42,44-45H2,1-2H3,(H,50,54)/b35-33+,43-41+. The summed E-state index contributed by atoms with van der Waals surface area (Å²) in [7, 11) is 0. The van der Waals surface area contributed by atoms with Crippen molar-refractivity contribution in [3.8, 4) is 0 Å². The van der Waals surface area contributed by atoms with Crippen LogP contribution >= 0.6 is 0 Å². The fourth-order valence-corrected chi connectivity index (χ4v) is 7.53. The highest BCUT2D eigenvalue weighted by Gasteiger charge is 2.20. The Balaban J connectivity index is 3.56. The van der Waals surface area contributed by atoms with Gasteiger partial charge in [-0.15, -0.1) is 0 Å². The summed E-state index contributed by atoms with van der Waals surface area (Å²) in [6, 6.07) is -0.757. The number of nitrogens with one attached hydrogen (secondary N) is 1. The monoisotopic (exact) mass is 762 g/mol. The molecule has 0 rings (SSSR count). The third kappa shape index (κ3) is 40.5. The summed E-state index contributed by atoms with van der Waals surface area (Å²) < 4.78 is 0. The molecule has 0 radical (unpaired) electrons. The van der Waals surface area contributed by atoms with Gasteiger partial charge in [-0.25, -0.2) is 0 Å². The number of rotatable bonds is 44. The van der Waals surface area contributed by atoms with E-state index in [-0.39, 0.29) is 18.9 Å². The zero-order valence-electron chi connectivity index (χ0n) is 36.4. The van der Waals surface area contributed by atoms with E-state index in [0.717, 1.165) is 32.1 Å². The molecule has 320 valence electrons. The van der Waals surface area contributed by atoms with E-state index in [9.17, 15) is 20.1 Å². The molecule has 1 amide bonds. The third-order valence-electron chi connectivity index (χ3n) is 11.2. The SMILES string of the molecule is CCCCCCCCC/C=C/CC/C=C/C(O)C(CO)NC(=O)CC(O)CCCCCCCCCCCCCCCCCCCCCCCCCCCC. The van der Waals surface area contributed by atoms with E-state index in [4.69, 9.17) is 0 Å². The van der Waals surface area contributed by atoms with E-state index in [2.05, 4.69) is 31.3 Å². The minimum absolute atomic E-state index is 0.00983. The summed E-state index contributed by atoms with van der Waals surface area (Å²) in [5, 5.41) is 33.2. The number of allylic oxidation sites excluding steroid dienone is 3. The molecule has 5 heteroatoms. The van der Waals surface area contributed by atoms with Gasteiger partial charge in [-0.2, -0.15) is 0 Å². The van der Waals surface area contributed by atoms with Gasteiger partial charge in [0.1, 0.15) is 0 Å². The highest BCUT2D eigenvalue weighted by molar-refractivity contribution is 5.76. The summed E-state index contributed by atoms with van der Waals surface area (Å²) in [6.45, 7) is 4.20. The van der Waals surface area contributed by atoms with Crippen LogP contribution in [-0.2, 0) is 4.79 Å². The molecule has 0 aromatic rings. The van der Waals surface area contributed by atoms with Crippen LogP contribution in [0, 0.1) is 0 Å². The molecule has 0 heterocycles. The number of hydrogen-bond donors (Lipinski definition) is 4. The molecular weight excluding hydrogens is 667 g/mol. The van der Waals surface area contributed by atoms with Gasteiger partial charge < -0.3 is 20.6 Å². The Kier molecular flexibility index (Phi) is 43.6. The fraction of sp³-hybridized carbons (Fsp3) is 0.898. The Morgan fingerprint density at radius 1 is 0.463 bits per heavy atom. The summed E-state index contributed by atoms with van der Waals surface area (Å²) in [6.07, 6.45) is 54.9. The molecule has 0 aliphatic heterocycles. The summed E-state index contributed by atoms with van der Waals surface area (Å²) in [5.41, 5.74) is 0. The van der Waals surface area contributed by atoms with Crippen molar-refractivity contribution in [1.82, 2.24) is 5.32 Å². The molecule has 0 spiro atoms. The molecule has 3 unspecified atom stereocenters. The first-order valence-electron chi connectivity index (χ1n) is 24.1. The number of hydrogen-bond acceptors (Lipinski definition) is 4. The lowest BCUT2D eigenvalue weighted by Gasteiger charge is -2.21. The average molecular weight is 762 g/mol. The van der Waals surface area contributed by atoms with Gasteiger partial charge in [0.25, 0.3) is 0 Å². The molecule has 54 heavy (non-hydrogen) atoms. The summed E-state index contributed by atoms with van der Waals surface area (Å²) in [4.78, 5) is 12.4. The molecule has 0 aliphatic rings. The normalized spacial score (nSPS) is 13.6. The number of amides is 1. The Morgan fingerprint density at radius 2 is 0.796 bits per heavy atom. The number of carbonyl (C=O) groups excluding carboxylic acids is 1. The van der Waals surface area contributed by atoms with Crippen LogP contribution in [0.3, 0.4) is 0 Å². The molecule has 0 aromatic carbocycles. The van der Waals surface area contributed by atoms with Crippen LogP contribution in [0.1, 0.15) is 258 Å². The van der Waals surface area contributed by atoms with Crippen molar-refractivity contribution in [3.05, 3.63) is 24.3 Å². The van der Waals surface area contributed by atoms with Crippen molar-refractivity contribution in [2.75, 3.05) is 6.61 Å². The number of carbonyl (C=O) groups is 1. The van der Waals surface area contributed by atoms with E-state index < -0.39 is 18.2 Å². The molecule has 4 N–H and O–H groups in total. The van der Waals surface area contributed by atoms with Crippen LogP contribution in [0.5, 0.6) is 0 Å². The van der Waals surface area contributed by atoms with Crippen LogP contribution in [0.2, 0.25) is 0 Å². The van der Waals surface area contributed by atoms with Crippen LogP contribution in [0.4, 0.5) is 0 Å². The first-order valence-corrected chi connectivity index (χ1v) is 24.1. The molecule has 0 saturated carbocycles. The Labute approximate surface area is 337 Å². The Bertz CT molecular complexity index is 799. The predicted octanol–water partition coefficient (Wildman–Crippen LogP) is 14.2. The maximum Gasteiger partial charge on any atom is 0.222 e. The second kappa shape index (κ2) is 44.5. The van der Waals surface area contributed by atoms with Gasteiger partial charge in [-0.1, -0.05) is 244 Å². The smallest absolute Gasteiger partial charge is 0.222 e. The first kappa shape index (κ1) is 52.8. The molecule has 0 aromatic heterocycles. The number of aliphatic hydroxyl groups is 3. The van der Waals surface area contributed by atoms with Gasteiger partial charge >= 0.3 is 0 Å². The van der Waals surface area contributed by atoms with E-state index in [0.29, 0.717) is 6.42 Å². The van der Waals surface area contributed by atoms with Gasteiger partial charge in [0, 0.05) is 0 Å². The second-order valence-corrected chi connectivity index (χ2v) is 16.7. The molecule has 0 saturated heterocycles. The van der Waals surface area contributed by atoms with Crippen LogP contribution in [0.15, 0.2) is 24.3 Å². The van der Waals surface area contributed by atoms with Crippen LogP contribution < -0.4 is 5.32 Å². The van der Waals surface area contributed by atoms with Gasteiger partial charge in [0.2, 0.25) is 5.91 Å². The molecular formula is C49H95NO4. The lowest BCUT2D eigenvalue weighted by molar-refractivity contribution is -0.124. The highest BCUT2D eigenvalue weighted by Crippen LogP contribution is 2.17. The molecule has 0 fully saturated rings. The van der Waals surface area contributed by atoms with Crippen molar-refractivity contribution >= 4 is 5.91 Å². The van der Waals surface area contributed by atoms with E-state index in [1.54, 1.807) is 6.08 Å².